The summed E-state index contributed by atoms with van der Waals surface area (Å²) >= 11 is 0. The Morgan fingerprint density at radius 2 is 1.76 bits per heavy atom. The van der Waals surface area contributed by atoms with E-state index in [1.54, 1.807) is 31.3 Å². The van der Waals surface area contributed by atoms with Crippen LogP contribution < -0.4 is 10.6 Å². The summed E-state index contributed by atoms with van der Waals surface area (Å²) < 4.78 is 0. The Hall–Kier alpha value is -2.30. The van der Waals surface area contributed by atoms with Crippen molar-refractivity contribution in [2.45, 2.75) is 6.92 Å². The van der Waals surface area contributed by atoms with Gasteiger partial charge in [0.25, 0.3) is 5.91 Å². The first kappa shape index (κ1) is 12.8. The second kappa shape index (κ2) is 5.69. The molecule has 0 fully saturated rings. The molecule has 0 atom stereocenters. The number of carbonyl (C=O) groups is 2. The summed E-state index contributed by atoms with van der Waals surface area (Å²) in [5.41, 5.74) is 0.572. The van der Waals surface area contributed by atoms with Gasteiger partial charge in [0.05, 0.1) is 0 Å². The number of benzene rings is 1. The van der Waals surface area contributed by atoms with Gasteiger partial charge in [0, 0.05) is 18.4 Å². The van der Waals surface area contributed by atoms with Crippen molar-refractivity contribution in [3.63, 3.8) is 0 Å². The van der Waals surface area contributed by atoms with E-state index in [1.165, 1.54) is 6.92 Å². The van der Waals surface area contributed by atoms with E-state index in [0.717, 1.165) is 0 Å². The quantitative estimate of drug-likeness (QED) is 0.415. The van der Waals surface area contributed by atoms with E-state index in [4.69, 9.17) is 5.11 Å². The van der Waals surface area contributed by atoms with Crippen LogP contribution in [-0.4, -0.2) is 24.0 Å². The molecule has 1 aromatic rings. The zero-order chi connectivity index (χ0) is 12.8. The molecule has 1 aromatic carbocycles. The Morgan fingerprint density at radius 1 is 1.18 bits per heavy atom. The number of amides is 1. The number of hydrogen-bond acceptors (Lipinski definition) is 3. The number of para-hydroxylation sites is 1. The number of carbonyl (C=O) groups excluding carboxylic acids is 1. The topological polar surface area (TPSA) is 78.4 Å². The zero-order valence-electron chi connectivity index (χ0n) is 9.65. The summed E-state index contributed by atoms with van der Waals surface area (Å²) in [5, 5.41) is 14.1. The highest BCUT2D eigenvalue weighted by Crippen LogP contribution is 2.09. The molecule has 90 valence electrons. The van der Waals surface area contributed by atoms with Crippen molar-refractivity contribution >= 4 is 17.6 Å². The Balaban J connectivity index is 2.92. The first-order valence-electron chi connectivity index (χ1n) is 5.04. The van der Waals surface area contributed by atoms with Gasteiger partial charge in [-0.2, -0.15) is 0 Å². The van der Waals surface area contributed by atoms with Crippen molar-refractivity contribution in [3.8, 4) is 0 Å². The Labute approximate surface area is 99.1 Å². The highest BCUT2D eigenvalue weighted by molar-refractivity contribution is 6.20. The van der Waals surface area contributed by atoms with E-state index >= 15 is 0 Å². The van der Waals surface area contributed by atoms with Crippen LogP contribution in [0.4, 0.5) is 5.69 Å². The van der Waals surface area contributed by atoms with Gasteiger partial charge in [-0.3, -0.25) is 4.79 Å². The summed E-state index contributed by atoms with van der Waals surface area (Å²) in [6.07, 6.45) is 0. The van der Waals surface area contributed by atoms with E-state index < -0.39 is 11.9 Å². The van der Waals surface area contributed by atoms with Crippen LogP contribution in [0, 0.1) is 0 Å². The second-order valence-corrected chi connectivity index (χ2v) is 3.38. The van der Waals surface area contributed by atoms with E-state index in [2.05, 4.69) is 10.6 Å². The van der Waals surface area contributed by atoms with Crippen LogP contribution >= 0.6 is 0 Å². The third kappa shape index (κ3) is 3.34. The molecule has 3 N–H and O–H groups in total. The van der Waals surface area contributed by atoms with Crippen molar-refractivity contribution in [3.05, 3.63) is 41.6 Å². The fourth-order valence-corrected chi connectivity index (χ4v) is 1.27. The van der Waals surface area contributed by atoms with Crippen molar-refractivity contribution in [1.29, 1.82) is 0 Å². The first-order chi connectivity index (χ1) is 8.06. The van der Waals surface area contributed by atoms with Gasteiger partial charge in [-0.25, -0.2) is 4.79 Å². The smallest absolute Gasteiger partial charge is 0.343 e. The minimum Gasteiger partial charge on any atom is -0.477 e. The molecule has 5 heteroatoms. The van der Waals surface area contributed by atoms with Crippen molar-refractivity contribution < 1.29 is 14.7 Å². The molecular formula is C12H14N2O3. The summed E-state index contributed by atoms with van der Waals surface area (Å²) in [4.78, 5) is 22.7. The van der Waals surface area contributed by atoms with Crippen LogP contribution in [0.2, 0.25) is 0 Å². The predicted molar refractivity (Wildman–Crippen MR) is 64.5 cm³/mol. The number of nitrogens with one attached hydrogen (secondary N) is 2. The van der Waals surface area contributed by atoms with Gasteiger partial charge in [-0.1, -0.05) is 18.2 Å². The number of anilines is 1. The molecule has 0 saturated heterocycles. The molecule has 0 heterocycles. The van der Waals surface area contributed by atoms with Gasteiger partial charge >= 0.3 is 5.97 Å². The minimum atomic E-state index is -1.26. The maximum Gasteiger partial charge on any atom is 0.343 e. The lowest BCUT2D eigenvalue weighted by molar-refractivity contribution is -0.134. The molecule has 0 aliphatic heterocycles. The second-order valence-electron chi connectivity index (χ2n) is 3.38. The molecule has 0 unspecified atom stereocenters. The summed E-state index contributed by atoms with van der Waals surface area (Å²) in [6.45, 7) is 1.54. The highest BCUT2D eigenvalue weighted by Gasteiger charge is 2.20. The summed E-state index contributed by atoms with van der Waals surface area (Å²) in [5.74, 6) is -1.90. The highest BCUT2D eigenvalue weighted by atomic mass is 16.4. The van der Waals surface area contributed by atoms with Crippen molar-refractivity contribution in [2.24, 2.45) is 0 Å². The maximum absolute atomic E-state index is 11.8. The minimum absolute atomic E-state index is 0.295. The fraction of sp³-hybridized carbons (Fsp3) is 0.167. The van der Waals surface area contributed by atoms with Crippen molar-refractivity contribution in [1.82, 2.24) is 5.32 Å². The number of carboxylic acids is 1. The molecule has 0 aromatic heterocycles. The standard InChI is InChI=1S/C12H14N2O3/c1-8(13-2)10(12(16)17)11(15)14-9-6-4-3-5-7-9/h3-7,13H,1-2H3,(H,14,15)(H,16,17)/b10-8+. The molecule has 0 aliphatic rings. The molecule has 0 radical (unpaired) electrons. The van der Waals surface area contributed by atoms with Gasteiger partial charge in [-0.15, -0.1) is 0 Å². The first-order valence-corrected chi connectivity index (χ1v) is 5.04. The summed E-state index contributed by atoms with van der Waals surface area (Å²) in [7, 11) is 1.56. The molecule has 5 nitrogen and oxygen atoms in total. The molecule has 0 spiro atoms. The third-order valence-electron chi connectivity index (χ3n) is 2.22. The third-order valence-corrected chi connectivity index (χ3v) is 2.22. The van der Waals surface area contributed by atoms with Crippen LogP contribution in [0.3, 0.4) is 0 Å². The van der Waals surface area contributed by atoms with E-state index in [0.29, 0.717) is 11.4 Å². The van der Waals surface area contributed by atoms with Gasteiger partial charge in [0.1, 0.15) is 5.57 Å². The number of allylic oxidation sites excluding steroid dienone is 1. The molecular weight excluding hydrogens is 220 g/mol. The maximum atomic E-state index is 11.8. The van der Waals surface area contributed by atoms with Crippen LogP contribution in [0.15, 0.2) is 41.6 Å². The molecule has 1 amide bonds. The largest absolute Gasteiger partial charge is 0.477 e. The van der Waals surface area contributed by atoms with Crippen molar-refractivity contribution in [2.75, 3.05) is 12.4 Å². The number of hydrogen-bond donors (Lipinski definition) is 3. The lowest BCUT2D eigenvalue weighted by Crippen LogP contribution is -2.24. The predicted octanol–water partition coefficient (Wildman–Crippen LogP) is 1.20. The van der Waals surface area contributed by atoms with Gasteiger partial charge < -0.3 is 15.7 Å². The SMILES string of the molecule is CN/C(C)=C(/C(=O)O)C(=O)Nc1ccccc1. The average Bonchev–Trinajstić information content (AvgIpc) is 2.29. The molecule has 0 aliphatic carbocycles. The van der Waals surface area contributed by atoms with Crippen LogP contribution in [-0.2, 0) is 9.59 Å². The van der Waals surface area contributed by atoms with Gasteiger partial charge in [0.2, 0.25) is 0 Å². The Bertz CT molecular complexity index is 452. The molecule has 0 saturated carbocycles. The monoisotopic (exact) mass is 234 g/mol. The average molecular weight is 234 g/mol. The lowest BCUT2D eigenvalue weighted by atomic mass is 10.2. The van der Waals surface area contributed by atoms with Gasteiger partial charge in [-0.05, 0) is 19.1 Å². The van der Waals surface area contributed by atoms with Crippen LogP contribution in [0.1, 0.15) is 6.92 Å². The van der Waals surface area contributed by atoms with Gasteiger partial charge in [0.15, 0.2) is 0 Å². The Kier molecular flexibility index (Phi) is 4.28. The lowest BCUT2D eigenvalue weighted by Gasteiger charge is -2.08. The van der Waals surface area contributed by atoms with E-state index in [-0.39, 0.29) is 5.57 Å². The van der Waals surface area contributed by atoms with Crippen LogP contribution in [0.5, 0.6) is 0 Å². The van der Waals surface area contributed by atoms with E-state index in [1.807, 2.05) is 6.07 Å². The number of aliphatic carboxylic acids is 1. The van der Waals surface area contributed by atoms with E-state index in [9.17, 15) is 9.59 Å². The van der Waals surface area contributed by atoms with Crippen LogP contribution in [0.25, 0.3) is 0 Å². The zero-order valence-corrected chi connectivity index (χ0v) is 9.65. The molecule has 1 rings (SSSR count). The summed E-state index contributed by atoms with van der Waals surface area (Å²) in [6, 6.07) is 8.69. The molecule has 0 bridgehead atoms. The number of rotatable bonds is 4. The fourth-order valence-electron chi connectivity index (χ4n) is 1.27. The normalized spacial score (nSPS) is 11.4. The number of carboxylic acid groups (broad SMARTS) is 1. The Morgan fingerprint density at radius 3 is 2.24 bits per heavy atom. The molecule has 17 heavy (non-hydrogen) atoms.